The molecular weight excluding hydrogens is 424 g/mol. The van der Waals surface area contributed by atoms with Gasteiger partial charge in [0.15, 0.2) is 0 Å². The lowest BCUT2D eigenvalue weighted by molar-refractivity contribution is -0.138. The number of fused-ring (bicyclic) bond motifs is 5. The molecule has 3 N–H and O–H groups in total. The molecular formula is C30H48O4. The fourth-order valence-corrected chi connectivity index (χ4v) is 8.73. The molecule has 4 aliphatic rings. The minimum atomic E-state index is -1.09. The summed E-state index contributed by atoms with van der Waals surface area (Å²) in [4.78, 5) is 12.8. The molecule has 8 unspecified atom stereocenters. The van der Waals surface area contributed by atoms with Gasteiger partial charge in [-0.1, -0.05) is 53.7 Å². The number of allylic oxidation sites excluding steroid dienone is 3. The molecule has 192 valence electrons. The van der Waals surface area contributed by atoms with Crippen molar-refractivity contribution in [1.29, 1.82) is 0 Å². The quantitative estimate of drug-likeness (QED) is 0.487. The third-order valence-corrected chi connectivity index (χ3v) is 11.5. The lowest BCUT2D eigenvalue weighted by Gasteiger charge is -2.60. The minimum Gasteiger partial charge on any atom is -0.392 e. The van der Waals surface area contributed by atoms with Gasteiger partial charge in [0, 0.05) is 17.3 Å². The van der Waals surface area contributed by atoms with Crippen molar-refractivity contribution in [2.45, 2.75) is 118 Å². The standard InChI is InChI=1S/C30H48O4/c1-18(9-12-24(32)27(4,5)34)21-17-25(33)30(8)20-10-11-22-26(2,3)23(31)14-15-28(22,6)19(20)13-16-29(21,30)7/h10,13,18,21-22,24-25,32-34H,9,11-12,14-17H2,1-8H3. The number of Topliss-reactive ketones (excluding diaryl/α,β-unsaturated/α-hetero) is 1. The van der Waals surface area contributed by atoms with Crippen molar-refractivity contribution in [2.24, 2.45) is 39.4 Å². The first-order valence-corrected chi connectivity index (χ1v) is 13.5. The SMILES string of the molecule is CC(CCC(O)C(C)(C)O)C1CC(O)C2(C)C3=CCC4C(C)(C)C(=O)CCC4(C)C3=CCC12C. The smallest absolute Gasteiger partial charge is 0.138 e. The van der Waals surface area contributed by atoms with Gasteiger partial charge in [-0.2, -0.15) is 0 Å². The second kappa shape index (κ2) is 8.02. The molecule has 0 aliphatic heterocycles. The van der Waals surface area contributed by atoms with Crippen LogP contribution in [0.1, 0.15) is 100 Å². The summed E-state index contributed by atoms with van der Waals surface area (Å²) in [5.41, 5.74) is 0.923. The van der Waals surface area contributed by atoms with Crippen LogP contribution in [-0.4, -0.2) is 38.9 Å². The lowest BCUT2D eigenvalue weighted by Crippen LogP contribution is -2.54. The zero-order chi connectivity index (χ0) is 25.5. The number of carbonyl (C=O) groups excluding carboxylic acids is 1. The highest BCUT2D eigenvalue weighted by Gasteiger charge is 2.66. The highest BCUT2D eigenvalue weighted by Crippen LogP contribution is 2.71. The molecule has 0 heterocycles. The molecule has 34 heavy (non-hydrogen) atoms. The molecule has 0 spiro atoms. The van der Waals surface area contributed by atoms with Gasteiger partial charge < -0.3 is 15.3 Å². The van der Waals surface area contributed by atoms with E-state index in [1.165, 1.54) is 11.1 Å². The molecule has 0 aromatic carbocycles. The van der Waals surface area contributed by atoms with Crippen molar-refractivity contribution >= 4 is 5.78 Å². The summed E-state index contributed by atoms with van der Waals surface area (Å²) in [6.07, 6.45) is 9.26. The number of aliphatic hydroxyl groups is 3. The summed E-state index contributed by atoms with van der Waals surface area (Å²) in [6, 6.07) is 0. The maximum atomic E-state index is 12.8. The second-order valence-electron chi connectivity index (χ2n) is 14.0. The molecule has 4 aliphatic carbocycles. The van der Waals surface area contributed by atoms with E-state index in [4.69, 9.17) is 0 Å². The van der Waals surface area contributed by atoms with Crippen LogP contribution in [0.15, 0.2) is 23.3 Å². The van der Waals surface area contributed by atoms with E-state index >= 15 is 0 Å². The molecule has 0 aromatic heterocycles. The zero-order valence-electron chi connectivity index (χ0n) is 22.7. The number of hydrogen-bond donors (Lipinski definition) is 3. The van der Waals surface area contributed by atoms with Crippen molar-refractivity contribution < 1.29 is 20.1 Å². The number of aliphatic hydroxyl groups excluding tert-OH is 2. The van der Waals surface area contributed by atoms with Gasteiger partial charge in [0.05, 0.1) is 17.8 Å². The average molecular weight is 473 g/mol. The summed E-state index contributed by atoms with van der Waals surface area (Å²) >= 11 is 0. The molecule has 2 saturated carbocycles. The highest BCUT2D eigenvalue weighted by molar-refractivity contribution is 5.86. The molecule has 0 saturated heterocycles. The molecule has 0 radical (unpaired) electrons. The minimum absolute atomic E-state index is 0.0218. The van der Waals surface area contributed by atoms with Crippen LogP contribution < -0.4 is 0 Å². The largest absolute Gasteiger partial charge is 0.392 e. The number of hydrogen-bond acceptors (Lipinski definition) is 4. The molecule has 4 nitrogen and oxygen atoms in total. The van der Waals surface area contributed by atoms with Crippen molar-refractivity contribution in [1.82, 2.24) is 0 Å². The van der Waals surface area contributed by atoms with Crippen molar-refractivity contribution in [3.63, 3.8) is 0 Å². The fraction of sp³-hybridized carbons (Fsp3) is 0.833. The van der Waals surface area contributed by atoms with Crippen LogP contribution >= 0.6 is 0 Å². The third-order valence-electron chi connectivity index (χ3n) is 11.5. The molecule has 8 atom stereocenters. The first kappa shape index (κ1) is 26.1. The maximum Gasteiger partial charge on any atom is 0.138 e. The van der Waals surface area contributed by atoms with Gasteiger partial charge in [-0.25, -0.2) is 0 Å². The Bertz CT molecular complexity index is 907. The van der Waals surface area contributed by atoms with Crippen LogP contribution in [0.2, 0.25) is 0 Å². The molecule has 4 rings (SSSR count). The van der Waals surface area contributed by atoms with E-state index in [0.29, 0.717) is 36.4 Å². The normalized spacial score (nSPS) is 43.3. The van der Waals surface area contributed by atoms with E-state index in [-0.39, 0.29) is 21.7 Å². The predicted molar refractivity (Wildman–Crippen MR) is 136 cm³/mol. The first-order valence-electron chi connectivity index (χ1n) is 13.5. The third kappa shape index (κ3) is 3.45. The van der Waals surface area contributed by atoms with E-state index in [2.05, 4.69) is 53.7 Å². The molecule has 0 aromatic rings. The predicted octanol–water partition coefficient (Wildman–Crippen LogP) is 5.60. The van der Waals surface area contributed by atoms with Gasteiger partial charge in [0.1, 0.15) is 5.78 Å². The molecule has 2 fully saturated rings. The fourth-order valence-electron chi connectivity index (χ4n) is 8.73. The Morgan fingerprint density at radius 3 is 2.35 bits per heavy atom. The molecule has 0 amide bonds. The van der Waals surface area contributed by atoms with Gasteiger partial charge in [0.25, 0.3) is 0 Å². The van der Waals surface area contributed by atoms with Crippen LogP contribution in [0.25, 0.3) is 0 Å². The van der Waals surface area contributed by atoms with Gasteiger partial charge in [-0.05, 0) is 92.1 Å². The van der Waals surface area contributed by atoms with Crippen molar-refractivity contribution in [2.75, 3.05) is 0 Å². The van der Waals surface area contributed by atoms with Gasteiger partial charge in [0.2, 0.25) is 0 Å². The summed E-state index contributed by atoms with van der Waals surface area (Å²) < 4.78 is 0. The summed E-state index contributed by atoms with van der Waals surface area (Å²) in [5.74, 6) is 1.38. The maximum absolute atomic E-state index is 12.8. The van der Waals surface area contributed by atoms with Gasteiger partial charge in [-0.3, -0.25) is 4.79 Å². The van der Waals surface area contributed by atoms with E-state index < -0.39 is 17.8 Å². The Morgan fingerprint density at radius 1 is 1.09 bits per heavy atom. The Hall–Kier alpha value is -0.970. The lowest BCUT2D eigenvalue weighted by atomic mass is 9.44. The van der Waals surface area contributed by atoms with E-state index in [1.807, 2.05) is 0 Å². The van der Waals surface area contributed by atoms with Crippen LogP contribution in [-0.2, 0) is 4.79 Å². The molecule has 4 heteroatoms. The summed E-state index contributed by atoms with van der Waals surface area (Å²) in [5, 5.41) is 32.2. The number of rotatable bonds is 5. The molecule has 0 bridgehead atoms. The Kier molecular flexibility index (Phi) is 6.15. The average Bonchev–Trinajstić information content (AvgIpc) is 2.95. The Morgan fingerprint density at radius 2 is 1.74 bits per heavy atom. The number of carbonyl (C=O) groups is 1. The Labute approximate surface area is 206 Å². The van der Waals surface area contributed by atoms with Crippen molar-refractivity contribution in [3.8, 4) is 0 Å². The Balaban J connectivity index is 1.66. The van der Waals surface area contributed by atoms with Crippen LogP contribution in [0.3, 0.4) is 0 Å². The highest BCUT2D eigenvalue weighted by atomic mass is 16.3. The monoisotopic (exact) mass is 472 g/mol. The first-order chi connectivity index (χ1) is 15.5. The second-order valence-corrected chi connectivity index (χ2v) is 14.0. The zero-order valence-corrected chi connectivity index (χ0v) is 22.7. The van der Waals surface area contributed by atoms with Crippen molar-refractivity contribution in [3.05, 3.63) is 23.3 Å². The number of ketones is 1. The summed E-state index contributed by atoms with van der Waals surface area (Å²) in [6.45, 7) is 16.9. The van der Waals surface area contributed by atoms with Crippen LogP contribution in [0.4, 0.5) is 0 Å². The van der Waals surface area contributed by atoms with E-state index in [9.17, 15) is 20.1 Å². The van der Waals surface area contributed by atoms with E-state index in [1.54, 1.807) is 13.8 Å². The van der Waals surface area contributed by atoms with Gasteiger partial charge >= 0.3 is 0 Å². The topological polar surface area (TPSA) is 77.8 Å². The van der Waals surface area contributed by atoms with Crippen LogP contribution in [0.5, 0.6) is 0 Å². The van der Waals surface area contributed by atoms with Gasteiger partial charge in [-0.15, -0.1) is 0 Å². The van der Waals surface area contributed by atoms with E-state index in [0.717, 1.165) is 32.1 Å². The summed E-state index contributed by atoms with van der Waals surface area (Å²) in [7, 11) is 0. The van der Waals surface area contributed by atoms with Crippen LogP contribution in [0, 0.1) is 39.4 Å².